The highest BCUT2D eigenvalue weighted by Crippen LogP contribution is 2.24. The number of carbonyl (C=O) groups is 3. The Labute approximate surface area is 229 Å². The van der Waals surface area contributed by atoms with Gasteiger partial charge < -0.3 is 31.3 Å². The zero-order chi connectivity index (χ0) is 28.1. The van der Waals surface area contributed by atoms with Gasteiger partial charge >= 0.3 is 0 Å². The van der Waals surface area contributed by atoms with Gasteiger partial charge in [-0.25, -0.2) is 0 Å². The number of hydrogen-bond donors (Lipinski definition) is 5. The lowest BCUT2D eigenvalue weighted by Gasteiger charge is -2.25. The molecular weight excluding hydrogens is 506 g/mol. The summed E-state index contributed by atoms with van der Waals surface area (Å²) >= 11 is 6.08. The van der Waals surface area contributed by atoms with E-state index in [4.69, 9.17) is 16.3 Å². The largest absolute Gasteiger partial charge is 0.493 e. The molecule has 2 aromatic rings. The molecule has 5 N–H and O–H groups in total. The van der Waals surface area contributed by atoms with E-state index >= 15 is 0 Å². The Hall–Kier alpha value is -3.56. The van der Waals surface area contributed by atoms with Gasteiger partial charge in [0.2, 0.25) is 5.91 Å². The van der Waals surface area contributed by atoms with Gasteiger partial charge in [-0.05, 0) is 49.7 Å². The third kappa shape index (κ3) is 9.72. The first-order valence-electron chi connectivity index (χ1n) is 12.5. The zero-order valence-electron chi connectivity index (χ0n) is 22.7. The Balaban J connectivity index is 2.12. The number of halogens is 1. The number of benzene rings is 2. The average Bonchev–Trinajstić information content (AvgIpc) is 2.88. The van der Waals surface area contributed by atoms with Crippen molar-refractivity contribution in [2.75, 3.05) is 39.1 Å². The van der Waals surface area contributed by atoms with E-state index in [9.17, 15) is 14.4 Å². The van der Waals surface area contributed by atoms with Crippen LogP contribution in [0, 0.1) is 5.41 Å². The molecule has 0 fully saturated rings. The van der Waals surface area contributed by atoms with Crippen LogP contribution in [0.4, 0.5) is 5.69 Å². The molecule has 2 aromatic carbocycles. The second-order valence-corrected chi connectivity index (χ2v) is 9.86. The summed E-state index contributed by atoms with van der Waals surface area (Å²) < 4.78 is 5.54. The number of rotatable bonds is 14. The quantitative estimate of drug-likeness (QED) is 0.232. The molecule has 0 spiro atoms. The molecule has 0 heterocycles. The van der Waals surface area contributed by atoms with Gasteiger partial charge in [0.1, 0.15) is 11.4 Å². The van der Waals surface area contributed by atoms with E-state index in [1.54, 1.807) is 37.4 Å². The van der Waals surface area contributed by atoms with E-state index in [-0.39, 0.29) is 30.5 Å². The summed E-state index contributed by atoms with van der Waals surface area (Å²) in [5.41, 5.74) is 1.07. The van der Waals surface area contributed by atoms with Crippen molar-refractivity contribution in [2.45, 2.75) is 33.6 Å². The van der Waals surface area contributed by atoms with Crippen LogP contribution in [-0.4, -0.2) is 51.5 Å². The molecule has 3 amide bonds. The second-order valence-electron chi connectivity index (χ2n) is 9.42. The van der Waals surface area contributed by atoms with Crippen molar-refractivity contribution < 1.29 is 19.1 Å². The fourth-order valence-corrected chi connectivity index (χ4v) is 3.84. The Morgan fingerprint density at radius 1 is 1.03 bits per heavy atom. The molecule has 9 nitrogen and oxygen atoms in total. The van der Waals surface area contributed by atoms with E-state index < -0.39 is 11.3 Å². The van der Waals surface area contributed by atoms with Crippen molar-refractivity contribution in [2.24, 2.45) is 5.41 Å². The zero-order valence-corrected chi connectivity index (χ0v) is 23.4. The van der Waals surface area contributed by atoms with Crippen LogP contribution >= 0.6 is 11.6 Å². The minimum Gasteiger partial charge on any atom is -0.493 e. The maximum Gasteiger partial charge on any atom is 0.273 e. The molecule has 2 rings (SSSR count). The van der Waals surface area contributed by atoms with Crippen molar-refractivity contribution in [3.05, 3.63) is 70.5 Å². The van der Waals surface area contributed by atoms with Crippen molar-refractivity contribution in [1.82, 2.24) is 21.3 Å². The lowest BCUT2D eigenvalue weighted by atomic mass is 9.88. The molecule has 0 aliphatic heterocycles. The van der Waals surface area contributed by atoms with E-state index in [0.29, 0.717) is 47.3 Å². The van der Waals surface area contributed by atoms with Gasteiger partial charge in [0.15, 0.2) is 0 Å². The molecule has 0 bridgehead atoms. The number of carbonyl (C=O) groups excluding carboxylic acids is 3. The van der Waals surface area contributed by atoms with Gasteiger partial charge in [0, 0.05) is 49.4 Å². The van der Waals surface area contributed by atoms with Crippen molar-refractivity contribution >= 4 is 35.0 Å². The van der Waals surface area contributed by atoms with Gasteiger partial charge in [-0.3, -0.25) is 14.4 Å². The van der Waals surface area contributed by atoms with Gasteiger partial charge in [-0.2, -0.15) is 0 Å². The van der Waals surface area contributed by atoms with Gasteiger partial charge in [-0.15, -0.1) is 0 Å². The summed E-state index contributed by atoms with van der Waals surface area (Å²) in [6.45, 7) is 6.79. The Morgan fingerprint density at radius 2 is 1.74 bits per heavy atom. The summed E-state index contributed by atoms with van der Waals surface area (Å²) in [6, 6.07) is 13.9. The van der Waals surface area contributed by atoms with Gasteiger partial charge in [0.05, 0.1) is 12.2 Å². The first-order chi connectivity index (χ1) is 18.1. The Kier molecular flexibility index (Phi) is 12.1. The topological polar surface area (TPSA) is 121 Å². The molecule has 0 aliphatic carbocycles. The molecule has 10 heteroatoms. The highest BCUT2D eigenvalue weighted by atomic mass is 35.5. The number of amides is 3. The van der Waals surface area contributed by atoms with Crippen LogP contribution < -0.4 is 31.3 Å². The molecular formula is C28H38ClN5O4. The number of ether oxygens (including phenoxy) is 1. The number of nitrogens with one attached hydrogen (secondary N) is 5. The van der Waals surface area contributed by atoms with Crippen LogP contribution in [0.15, 0.2) is 59.9 Å². The molecule has 0 radical (unpaired) electrons. The van der Waals surface area contributed by atoms with E-state index in [2.05, 4.69) is 26.6 Å². The summed E-state index contributed by atoms with van der Waals surface area (Å²) in [5.74, 6) is -0.694. The highest BCUT2D eigenvalue weighted by molar-refractivity contribution is 6.31. The minimum atomic E-state index is -0.615. The predicted octanol–water partition coefficient (Wildman–Crippen LogP) is 3.68. The monoisotopic (exact) mass is 543 g/mol. The summed E-state index contributed by atoms with van der Waals surface area (Å²) in [7, 11) is 3.52. The third-order valence-electron chi connectivity index (χ3n) is 5.60. The molecule has 0 unspecified atom stereocenters. The molecule has 0 saturated heterocycles. The smallest absolute Gasteiger partial charge is 0.273 e. The molecule has 38 heavy (non-hydrogen) atoms. The third-order valence-corrected chi connectivity index (χ3v) is 5.84. The van der Waals surface area contributed by atoms with Gasteiger partial charge in [0.25, 0.3) is 11.8 Å². The fraction of sp³-hybridized carbons (Fsp3) is 0.393. The SMILES string of the molecule is CCOc1ccc(Cl)cc1C(=O)NCC(C)(C)CC(=O)N/C(C(=O)Nc1ccccc1)=C(\CCNC)NC. The van der Waals surface area contributed by atoms with Crippen molar-refractivity contribution in [3.63, 3.8) is 0 Å². The highest BCUT2D eigenvalue weighted by Gasteiger charge is 2.26. The van der Waals surface area contributed by atoms with Gasteiger partial charge in [-0.1, -0.05) is 43.6 Å². The van der Waals surface area contributed by atoms with Crippen molar-refractivity contribution in [1.29, 1.82) is 0 Å². The van der Waals surface area contributed by atoms with Crippen LogP contribution in [0.3, 0.4) is 0 Å². The molecule has 0 aromatic heterocycles. The van der Waals surface area contributed by atoms with E-state index in [0.717, 1.165) is 0 Å². The first-order valence-corrected chi connectivity index (χ1v) is 12.9. The standard InChI is InChI=1S/C28H38ClN5O4/c1-6-38-23-13-12-19(29)16-21(23)26(36)32-18-28(2,3)17-24(35)34-25(22(31-5)14-15-30-4)27(37)33-20-10-8-7-9-11-20/h7-13,16,30-31H,6,14-15,17-18H2,1-5H3,(H,32,36)(H,33,37)(H,34,35)/b25-22+. The first kappa shape index (κ1) is 30.7. The molecule has 206 valence electrons. The lowest BCUT2D eigenvalue weighted by molar-refractivity contribution is -0.124. The number of hydrogen-bond acceptors (Lipinski definition) is 6. The normalized spacial score (nSPS) is 11.7. The van der Waals surface area contributed by atoms with E-state index in [1.165, 1.54) is 0 Å². The number of para-hydroxylation sites is 1. The molecule has 0 saturated carbocycles. The maximum atomic E-state index is 13.1. The molecule has 0 atom stereocenters. The van der Waals surface area contributed by atoms with E-state index in [1.807, 2.05) is 46.0 Å². The Morgan fingerprint density at radius 3 is 2.37 bits per heavy atom. The second kappa shape index (κ2) is 15.0. The molecule has 0 aliphatic rings. The van der Waals surface area contributed by atoms with Crippen LogP contribution in [0.2, 0.25) is 5.02 Å². The summed E-state index contributed by atoms with van der Waals surface area (Å²) in [6.07, 6.45) is 0.568. The maximum absolute atomic E-state index is 13.1. The number of anilines is 1. The van der Waals surface area contributed by atoms with Crippen LogP contribution in [0.25, 0.3) is 0 Å². The van der Waals surface area contributed by atoms with Crippen LogP contribution in [-0.2, 0) is 9.59 Å². The van der Waals surface area contributed by atoms with Crippen molar-refractivity contribution in [3.8, 4) is 5.75 Å². The predicted molar refractivity (Wildman–Crippen MR) is 151 cm³/mol. The lowest BCUT2D eigenvalue weighted by Crippen LogP contribution is -2.40. The minimum absolute atomic E-state index is 0.0618. The summed E-state index contributed by atoms with van der Waals surface area (Å²) in [4.78, 5) is 39.1. The summed E-state index contributed by atoms with van der Waals surface area (Å²) in [5, 5.41) is 15.0. The van der Waals surface area contributed by atoms with Crippen LogP contribution in [0.1, 0.15) is 44.0 Å². The fourth-order valence-electron chi connectivity index (χ4n) is 3.67. The average molecular weight is 544 g/mol. The Bertz CT molecular complexity index is 1140. The van der Waals surface area contributed by atoms with Crippen LogP contribution in [0.5, 0.6) is 5.75 Å².